The zero-order chi connectivity index (χ0) is 19.6. The second-order valence-electron chi connectivity index (χ2n) is 5.96. The van der Waals surface area contributed by atoms with Crippen LogP contribution in [-0.4, -0.2) is 52.3 Å². The van der Waals surface area contributed by atoms with Gasteiger partial charge >= 0.3 is 12.1 Å². The van der Waals surface area contributed by atoms with Crippen molar-refractivity contribution in [2.24, 2.45) is 17.6 Å². The maximum atomic E-state index is 13.1. The average molecular weight is 390 g/mol. The van der Waals surface area contributed by atoms with Gasteiger partial charge in [0.15, 0.2) is 0 Å². The third kappa shape index (κ3) is 4.29. The molecule has 6 nitrogen and oxygen atoms in total. The average Bonchev–Trinajstić information content (AvgIpc) is 3.00. The summed E-state index contributed by atoms with van der Waals surface area (Å²) in [4.78, 5) is 36.4. The highest BCUT2D eigenvalue weighted by Gasteiger charge is 2.53. The molecule has 1 aliphatic heterocycles. The monoisotopic (exact) mass is 390 g/mol. The molecule has 2 amide bonds. The summed E-state index contributed by atoms with van der Waals surface area (Å²) in [5.74, 6) is -6.71. The van der Waals surface area contributed by atoms with E-state index in [1.54, 1.807) is 19.1 Å². The van der Waals surface area contributed by atoms with E-state index in [2.05, 4.69) is 0 Å². The van der Waals surface area contributed by atoms with Crippen LogP contribution in [0.1, 0.15) is 17.3 Å². The molecule has 26 heavy (non-hydrogen) atoms. The number of primary amides is 1. The molecule has 1 aromatic rings. The van der Waals surface area contributed by atoms with Crippen LogP contribution >= 0.6 is 11.8 Å². The van der Waals surface area contributed by atoms with Crippen LogP contribution in [0.25, 0.3) is 0 Å². The van der Waals surface area contributed by atoms with Crippen LogP contribution in [-0.2, 0) is 9.59 Å². The summed E-state index contributed by atoms with van der Waals surface area (Å²) in [6.45, 7) is 0.302. The largest absolute Gasteiger partial charge is 0.481 e. The lowest BCUT2D eigenvalue weighted by Gasteiger charge is -2.20. The molecule has 0 saturated carbocycles. The fourth-order valence-corrected chi connectivity index (χ4v) is 3.65. The summed E-state index contributed by atoms with van der Waals surface area (Å²) >= 11 is 1.02. The van der Waals surface area contributed by atoms with Crippen molar-refractivity contribution in [1.29, 1.82) is 0 Å². The Morgan fingerprint density at radius 2 is 1.88 bits per heavy atom. The third-order valence-electron chi connectivity index (χ3n) is 4.17. The van der Waals surface area contributed by atoms with Gasteiger partial charge in [-0.2, -0.15) is 13.2 Å². The molecule has 1 heterocycles. The van der Waals surface area contributed by atoms with Crippen LogP contribution in [0.4, 0.5) is 13.2 Å². The number of aliphatic carboxylic acids is 1. The van der Waals surface area contributed by atoms with E-state index in [0.29, 0.717) is 4.90 Å². The van der Waals surface area contributed by atoms with Gasteiger partial charge in [0, 0.05) is 18.0 Å². The van der Waals surface area contributed by atoms with E-state index >= 15 is 0 Å². The number of carbonyl (C=O) groups excluding carboxylic acids is 2. The highest BCUT2D eigenvalue weighted by Crippen LogP contribution is 2.39. The van der Waals surface area contributed by atoms with Gasteiger partial charge in [0.05, 0.1) is 22.6 Å². The number of thioether (sulfide) groups is 1. The summed E-state index contributed by atoms with van der Waals surface area (Å²) < 4.78 is 39.3. The smallest absolute Gasteiger partial charge is 0.394 e. The molecular formula is C16H17F3N2O4S. The maximum Gasteiger partial charge on any atom is 0.394 e. The van der Waals surface area contributed by atoms with Gasteiger partial charge in [-0.3, -0.25) is 14.4 Å². The number of benzene rings is 1. The van der Waals surface area contributed by atoms with Gasteiger partial charge in [-0.15, -0.1) is 11.8 Å². The number of alkyl halides is 3. The third-order valence-corrected chi connectivity index (χ3v) is 5.36. The molecule has 1 aliphatic rings. The quantitative estimate of drug-likeness (QED) is 0.749. The maximum absolute atomic E-state index is 13.1. The zero-order valence-corrected chi connectivity index (χ0v) is 14.5. The normalized spacial score (nSPS) is 21.5. The van der Waals surface area contributed by atoms with Crippen molar-refractivity contribution in [3.05, 3.63) is 29.8 Å². The lowest BCUT2D eigenvalue weighted by Crippen LogP contribution is -2.34. The first-order chi connectivity index (χ1) is 12.0. The van der Waals surface area contributed by atoms with Gasteiger partial charge in [-0.1, -0.05) is 12.1 Å². The Balaban J connectivity index is 2.27. The molecule has 3 N–H and O–H groups in total. The van der Waals surface area contributed by atoms with Crippen molar-refractivity contribution in [3.8, 4) is 0 Å². The molecule has 10 heteroatoms. The number of carboxylic acid groups (broad SMARTS) is 1. The van der Waals surface area contributed by atoms with Crippen molar-refractivity contribution < 1.29 is 32.7 Å². The van der Waals surface area contributed by atoms with Gasteiger partial charge in [-0.25, -0.2) is 0 Å². The van der Waals surface area contributed by atoms with Crippen LogP contribution in [0.15, 0.2) is 29.2 Å². The molecule has 142 valence electrons. The van der Waals surface area contributed by atoms with Gasteiger partial charge in [-0.05, 0) is 19.1 Å². The first-order valence-corrected chi connectivity index (χ1v) is 8.54. The minimum absolute atomic E-state index is 0.109. The Bertz CT molecular complexity index is 726. The highest BCUT2D eigenvalue weighted by atomic mass is 32.2. The number of carboxylic acids is 1. The lowest BCUT2D eigenvalue weighted by molar-refractivity contribution is -0.187. The van der Waals surface area contributed by atoms with Crippen LogP contribution < -0.4 is 5.73 Å². The van der Waals surface area contributed by atoms with Crippen LogP contribution in [0, 0.1) is 11.8 Å². The molecule has 1 fully saturated rings. The number of carbonyl (C=O) groups is 3. The second-order valence-corrected chi connectivity index (χ2v) is 7.34. The molecular weight excluding hydrogens is 373 g/mol. The Kier molecular flexibility index (Phi) is 5.84. The van der Waals surface area contributed by atoms with E-state index in [1.165, 1.54) is 12.1 Å². The van der Waals surface area contributed by atoms with E-state index in [-0.39, 0.29) is 5.56 Å². The Labute approximate surface area is 151 Å². The van der Waals surface area contributed by atoms with Crippen LogP contribution in [0.3, 0.4) is 0 Å². The number of rotatable bonds is 5. The summed E-state index contributed by atoms with van der Waals surface area (Å²) in [5.41, 5.74) is 5.31. The Morgan fingerprint density at radius 3 is 2.38 bits per heavy atom. The van der Waals surface area contributed by atoms with Crippen LogP contribution in [0.2, 0.25) is 0 Å². The number of hydrogen-bond acceptors (Lipinski definition) is 4. The summed E-state index contributed by atoms with van der Waals surface area (Å²) in [6, 6.07) is 6.14. The van der Waals surface area contributed by atoms with Crippen molar-refractivity contribution >= 4 is 29.5 Å². The fourth-order valence-electron chi connectivity index (χ4n) is 2.72. The van der Waals surface area contributed by atoms with E-state index < -0.39 is 54.1 Å². The molecule has 1 unspecified atom stereocenters. The highest BCUT2D eigenvalue weighted by molar-refractivity contribution is 8.00. The Morgan fingerprint density at radius 1 is 1.27 bits per heavy atom. The molecule has 3 atom stereocenters. The molecule has 1 aromatic carbocycles. The number of amides is 2. The zero-order valence-electron chi connectivity index (χ0n) is 13.7. The van der Waals surface area contributed by atoms with Gasteiger partial charge in [0.2, 0.25) is 5.91 Å². The molecule has 0 radical (unpaired) electrons. The van der Waals surface area contributed by atoms with Gasteiger partial charge in [0.1, 0.15) is 0 Å². The minimum Gasteiger partial charge on any atom is -0.481 e. The standard InChI is InChI=1S/C16H17F3N2O4S/c1-8(13(20)22)26-12-5-3-2-4-9(12)14(23)21-6-10(15(24)25)11(7-21)16(17,18)19/h2-5,8,10-11H,6-7H2,1H3,(H2,20,22)(H,24,25)/t8?,10-,11-/m1/s1. The SMILES string of the molecule is CC(Sc1ccccc1C(=O)N1C[C@@H](C(F)(F)F)[C@H](C(=O)O)C1)C(N)=O. The lowest BCUT2D eigenvalue weighted by atomic mass is 9.96. The fraction of sp³-hybridized carbons (Fsp3) is 0.438. The van der Waals surface area contributed by atoms with Crippen molar-refractivity contribution in [2.45, 2.75) is 23.2 Å². The Hall–Kier alpha value is -2.23. The first-order valence-electron chi connectivity index (χ1n) is 7.66. The minimum atomic E-state index is -4.72. The van der Waals surface area contributed by atoms with Crippen molar-refractivity contribution in [1.82, 2.24) is 4.90 Å². The number of nitrogens with zero attached hydrogens (tertiary/aromatic N) is 1. The van der Waals surface area contributed by atoms with Crippen molar-refractivity contribution in [2.75, 3.05) is 13.1 Å². The number of likely N-dealkylation sites (tertiary alicyclic amines) is 1. The summed E-state index contributed by atoms with van der Waals surface area (Å²) in [7, 11) is 0. The summed E-state index contributed by atoms with van der Waals surface area (Å²) in [5, 5.41) is 8.42. The molecule has 0 aromatic heterocycles. The second kappa shape index (κ2) is 7.56. The topological polar surface area (TPSA) is 101 Å². The molecule has 1 saturated heterocycles. The molecule has 0 spiro atoms. The van der Waals surface area contributed by atoms with Crippen LogP contribution in [0.5, 0.6) is 0 Å². The predicted molar refractivity (Wildman–Crippen MR) is 87.5 cm³/mol. The number of hydrogen-bond donors (Lipinski definition) is 2. The molecule has 2 rings (SSSR count). The summed E-state index contributed by atoms with van der Waals surface area (Å²) in [6.07, 6.45) is -4.72. The van der Waals surface area contributed by atoms with Gasteiger partial charge in [0.25, 0.3) is 5.91 Å². The first kappa shape index (κ1) is 20.1. The van der Waals surface area contributed by atoms with E-state index in [0.717, 1.165) is 16.7 Å². The van der Waals surface area contributed by atoms with E-state index in [9.17, 15) is 27.6 Å². The van der Waals surface area contributed by atoms with Gasteiger partial charge < -0.3 is 15.7 Å². The number of halogens is 3. The number of nitrogens with two attached hydrogens (primary N) is 1. The van der Waals surface area contributed by atoms with E-state index in [1.807, 2.05) is 0 Å². The predicted octanol–water partition coefficient (Wildman–Crippen LogP) is 1.99. The van der Waals surface area contributed by atoms with E-state index in [4.69, 9.17) is 10.8 Å². The molecule has 0 aliphatic carbocycles. The molecule has 0 bridgehead atoms. The van der Waals surface area contributed by atoms with Crippen molar-refractivity contribution in [3.63, 3.8) is 0 Å².